The van der Waals surface area contributed by atoms with Gasteiger partial charge in [0, 0.05) is 62.3 Å². The van der Waals surface area contributed by atoms with Gasteiger partial charge in [0.1, 0.15) is 0 Å². The zero-order chi connectivity index (χ0) is 33.9. The number of ether oxygens (including phenoxy) is 2. The quantitative estimate of drug-likeness (QED) is 0.142. The van der Waals surface area contributed by atoms with E-state index in [0.717, 1.165) is 58.6 Å². The summed E-state index contributed by atoms with van der Waals surface area (Å²) in [4.78, 5) is 29.8. The highest BCUT2D eigenvalue weighted by molar-refractivity contribution is 5.77. The van der Waals surface area contributed by atoms with Crippen LogP contribution in [0.15, 0.2) is 97.2 Å². The standard InChI is InChI=1S/C39H45N3O6/c1-27-35(25-42(2)23-21-33-9-5-6-22-40-33)47-39(48-38(27)30-15-13-28(26-43)14-16-30)31-19-17-29(18-20-31)34-10-4-3-8-32(34)24-41-36(44)11-7-12-37(45)46/h3-6,8-10,13-20,22,27,35,38-39,43H,7,11-12,21,23-26H2,1-2H3,(H,41,44)(H,45,46)/t27-,35+,38+,39+/m0/s1. The first-order valence-electron chi connectivity index (χ1n) is 16.6. The number of hydrogen-bond acceptors (Lipinski definition) is 7. The second-order valence-corrected chi connectivity index (χ2v) is 12.5. The van der Waals surface area contributed by atoms with Gasteiger partial charge in [0.25, 0.3) is 0 Å². The van der Waals surface area contributed by atoms with E-state index in [4.69, 9.17) is 14.6 Å². The molecule has 1 aromatic heterocycles. The molecule has 0 aliphatic carbocycles. The van der Waals surface area contributed by atoms with Gasteiger partial charge in [-0.05, 0) is 53.4 Å². The largest absolute Gasteiger partial charge is 0.481 e. The summed E-state index contributed by atoms with van der Waals surface area (Å²) in [6.07, 6.45) is 2.26. The van der Waals surface area contributed by atoms with Crippen LogP contribution in [0.1, 0.15) is 66.5 Å². The summed E-state index contributed by atoms with van der Waals surface area (Å²) < 4.78 is 13.4. The van der Waals surface area contributed by atoms with Gasteiger partial charge in [-0.15, -0.1) is 0 Å². The Balaban J connectivity index is 1.30. The smallest absolute Gasteiger partial charge is 0.303 e. The third-order valence-electron chi connectivity index (χ3n) is 8.87. The average molecular weight is 652 g/mol. The number of carboxylic acids is 1. The first kappa shape index (κ1) is 34.9. The van der Waals surface area contributed by atoms with Gasteiger partial charge in [-0.1, -0.05) is 85.8 Å². The Kier molecular flexibility index (Phi) is 12.5. The Morgan fingerprint density at radius 1 is 0.896 bits per heavy atom. The van der Waals surface area contributed by atoms with Gasteiger partial charge in [0.05, 0.1) is 18.8 Å². The lowest BCUT2D eigenvalue weighted by molar-refractivity contribution is -0.275. The normalized spacial score (nSPS) is 19.2. The number of rotatable bonds is 15. The first-order valence-corrected chi connectivity index (χ1v) is 16.6. The van der Waals surface area contributed by atoms with Crippen LogP contribution in [0.25, 0.3) is 11.1 Å². The lowest BCUT2D eigenvalue weighted by Crippen LogP contribution is -2.43. The number of nitrogens with one attached hydrogen (secondary N) is 1. The van der Waals surface area contributed by atoms with Gasteiger partial charge in [0.2, 0.25) is 5.91 Å². The minimum Gasteiger partial charge on any atom is -0.481 e. The summed E-state index contributed by atoms with van der Waals surface area (Å²) in [7, 11) is 2.11. The number of aromatic nitrogens is 1. The van der Waals surface area contributed by atoms with Gasteiger partial charge >= 0.3 is 5.97 Å². The van der Waals surface area contributed by atoms with E-state index >= 15 is 0 Å². The molecule has 0 bridgehead atoms. The van der Waals surface area contributed by atoms with Crippen molar-refractivity contribution >= 4 is 11.9 Å². The number of benzene rings is 3. The number of nitrogens with zero attached hydrogens (tertiary/aromatic N) is 2. The number of carbonyl (C=O) groups excluding carboxylic acids is 1. The van der Waals surface area contributed by atoms with Gasteiger partial charge in [-0.25, -0.2) is 0 Å². The molecule has 9 nitrogen and oxygen atoms in total. The molecule has 4 atom stereocenters. The maximum atomic E-state index is 12.3. The molecule has 0 radical (unpaired) electrons. The van der Waals surface area contributed by atoms with Crippen LogP contribution in [0.5, 0.6) is 0 Å². The number of carboxylic acid groups (broad SMARTS) is 1. The molecule has 3 N–H and O–H groups in total. The van der Waals surface area contributed by atoms with E-state index < -0.39 is 12.3 Å². The van der Waals surface area contributed by atoms with Crippen molar-refractivity contribution in [1.29, 1.82) is 0 Å². The van der Waals surface area contributed by atoms with Crippen LogP contribution in [0.4, 0.5) is 0 Å². The fourth-order valence-electron chi connectivity index (χ4n) is 6.04. The van der Waals surface area contributed by atoms with E-state index in [1.165, 1.54) is 0 Å². The van der Waals surface area contributed by atoms with Crippen LogP contribution >= 0.6 is 0 Å². The molecular weight excluding hydrogens is 606 g/mol. The molecular formula is C39H45N3O6. The molecule has 5 rings (SSSR count). The van der Waals surface area contributed by atoms with E-state index in [9.17, 15) is 14.7 Å². The maximum Gasteiger partial charge on any atom is 0.303 e. The predicted octanol–water partition coefficient (Wildman–Crippen LogP) is 6.08. The Bertz CT molecular complexity index is 1610. The van der Waals surface area contributed by atoms with Crippen molar-refractivity contribution < 1.29 is 29.3 Å². The van der Waals surface area contributed by atoms with Gasteiger partial charge in [-0.2, -0.15) is 0 Å². The van der Waals surface area contributed by atoms with Crippen molar-refractivity contribution in [3.8, 4) is 11.1 Å². The highest BCUT2D eigenvalue weighted by Gasteiger charge is 2.38. The second kappa shape index (κ2) is 17.1. The molecule has 1 saturated heterocycles. The maximum absolute atomic E-state index is 12.3. The molecule has 9 heteroatoms. The molecule has 0 spiro atoms. The molecule has 1 aliphatic heterocycles. The van der Waals surface area contributed by atoms with Crippen molar-refractivity contribution in [3.63, 3.8) is 0 Å². The molecule has 4 aromatic rings. The first-order chi connectivity index (χ1) is 23.3. The Labute approximate surface area is 282 Å². The highest BCUT2D eigenvalue weighted by Crippen LogP contribution is 2.42. The van der Waals surface area contributed by atoms with Gasteiger partial charge in [0.15, 0.2) is 6.29 Å². The number of hydrogen-bond donors (Lipinski definition) is 3. The van der Waals surface area contributed by atoms with Gasteiger partial charge in [-0.3, -0.25) is 14.6 Å². The molecule has 0 unspecified atom stereocenters. The summed E-state index contributed by atoms with van der Waals surface area (Å²) in [5.74, 6) is -0.995. The van der Waals surface area contributed by atoms with E-state index in [2.05, 4.69) is 29.2 Å². The number of pyridine rings is 1. The minimum absolute atomic E-state index is 0.00851. The van der Waals surface area contributed by atoms with Crippen LogP contribution in [0.2, 0.25) is 0 Å². The third kappa shape index (κ3) is 9.58. The van der Waals surface area contributed by atoms with Crippen LogP contribution < -0.4 is 5.32 Å². The summed E-state index contributed by atoms with van der Waals surface area (Å²) in [5, 5.41) is 21.3. The molecule has 0 saturated carbocycles. The predicted molar refractivity (Wildman–Crippen MR) is 184 cm³/mol. The molecule has 2 heterocycles. The van der Waals surface area contributed by atoms with Crippen molar-refractivity contribution in [2.24, 2.45) is 5.92 Å². The fourth-order valence-corrected chi connectivity index (χ4v) is 6.04. The van der Waals surface area contributed by atoms with Crippen LogP contribution in [-0.2, 0) is 38.6 Å². The Hall–Kier alpha value is -4.41. The molecule has 1 amide bonds. The molecule has 3 aromatic carbocycles. The van der Waals surface area contributed by atoms with E-state index in [1.807, 2.05) is 97.2 Å². The number of aliphatic carboxylic acids is 1. The van der Waals surface area contributed by atoms with Crippen molar-refractivity contribution in [2.75, 3.05) is 20.1 Å². The number of aliphatic hydroxyl groups is 1. The average Bonchev–Trinajstić information content (AvgIpc) is 3.11. The number of aliphatic hydroxyl groups excluding tert-OH is 1. The lowest BCUT2D eigenvalue weighted by Gasteiger charge is -2.42. The van der Waals surface area contributed by atoms with Crippen molar-refractivity contribution in [2.45, 2.75) is 64.3 Å². The molecule has 48 heavy (non-hydrogen) atoms. The van der Waals surface area contributed by atoms with E-state index in [1.54, 1.807) is 0 Å². The number of carbonyl (C=O) groups is 2. The Morgan fingerprint density at radius 3 is 2.33 bits per heavy atom. The van der Waals surface area contributed by atoms with Crippen LogP contribution in [-0.4, -0.2) is 58.2 Å². The number of amides is 1. The summed E-state index contributed by atoms with van der Waals surface area (Å²) in [6.45, 7) is 4.09. The zero-order valence-corrected chi connectivity index (χ0v) is 27.6. The zero-order valence-electron chi connectivity index (χ0n) is 27.6. The molecule has 252 valence electrons. The summed E-state index contributed by atoms with van der Waals surface area (Å²) in [5.41, 5.74) is 6.84. The lowest BCUT2D eigenvalue weighted by atomic mass is 9.90. The third-order valence-corrected chi connectivity index (χ3v) is 8.87. The fraction of sp³-hybridized carbons (Fsp3) is 0.359. The summed E-state index contributed by atoms with van der Waals surface area (Å²) >= 11 is 0. The van der Waals surface area contributed by atoms with E-state index in [0.29, 0.717) is 13.0 Å². The van der Waals surface area contributed by atoms with Crippen molar-refractivity contribution in [3.05, 3.63) is 125 Å². The number of likely N-dealkylation sites (N-methyl/N-ethyl adjacent to an activating group) is 1. The summed E-state index contributed by atoms with van der Waals surface area (Å²) in [6, 6.07) is 30.0. The van der Waals surface area contributed by atoms with Crippen LogP contribution in [0.3, 0.4) is 0 Å². The highest BCUT2D eigenvalue weighted by atomic mass is 16.7. The van der Waals surface area contributed by atoms with E-state index in [-0.39, 0.29) is 43.5 Å². The topological polar surface area (TPSA) is 121 Å². The van der Waals surface area contributed by atoms with Crippen molar-refractivity contribution in [1.82, 2.24) is 15.2 Å². The minimum atomic E-state index is -0.901. The second-order valence-electron chi connectivity index (χ2n) is 12.5. The van der Waals surface area contributed by atoms with Gasteiger partial charge < -0.3 is 29.9 Å². The molecule has 1 fully saturated rings. The monoisotopic (exact) mass is 651 g/mol. The molecule has 1 aliphatic rings. The van der Waals surface area contributed by atoms with Crippen LogP contribution in [0, 0.1) is 5.92 Å². The SMILES string of the molecule is C[C@H]1[C@@H](CN(C)CCc2ccccn2)O[C@@H](c2ccc(-c3ccccc3CNC(=O)CCCC(=O)O)cc2)O[C@H]1c1ccc(CO)cc1. The Morgan fingerprint density at radius 2 is 1.62 bits per heavy atom.